The largest absolute Gasteiger partial charge is 0.463 e. The first-order valence-electron chi connectivity index (χ1n) is 23.1. The van der Waals surface area contributed by atoms with Crippen LogP contribution < -0.4 is 0 Å². The summed E-state index contributed by atoms with van der Waals surface area (Å²) in [6.45, 7) is 16.8. The molecule has 0 bridgehead atoms. The minimum atomic E-state index is -1.20. The number of esters is 4. The second-order valence-electron chi connectivity index (χ2n) is 18.3. The van der Waals surface area contributed by atoms with Crippen molar-refractivity contribution in [2.45, 2.75) is 98.6 Å². The second-order valence-corrected chi connectivity index (χ2v) is 19.2. The maximum Gasteiger partial charge on any atom is 0.333 e. The van der Waals surface area contributed by atoms with Gasteiger partial charge in [0.2, 0.25) is 0 Å². The Morgan fingerprint density at radius 2 is 1.13 bits per heavy atom. The molecule has 2 aliphatic rings. The predicted molar refractivity (Wildman–Crippen MR) is 262 cm³/mol. The number of benzene rings is 5. The van der Waals surface area contributed by atoms with Gasteiger partial charge >= 0.3 is 23.9 Å². The third-order valence-electron chi connectivity index (χ3n) is 12.7. The normalized spacial score (nSPS) is 14.4. The minimum absolute atomic E-state index is 0.0692. The quantitative estimate of drug-likeness (QED) is 0.0170. The molecule has 2 heterocycles. The Bertz CT molecular complexity index is 2980. The number of halogens is 2. The van der Waals surface area contributed by atoms with Gasteiger partial charge in [0.15, 0.2) is 6.10 Å². The fraction of sp³-hybridized carbons (Fsp3) is 0.396. The van der Waals surface area contributed by atoms with Crippen LogP contribution in [0.5, 0.6) is 0 Å². The average Bonchev–Trinajstić information content (AvgIpc) is 3.31. The topological polar surface area (TPSA) is 180 Å². The van der Waals surface area contributed by atoms with E-state index in [2.05, 4.69) is 27.0 Å². The van der Waals surface area contributed by atoms with Gasteiger partial charge in [0.1, 0.15) is 19.8 Å². The fourth-order valence-electron chi connectivity index (χ4n) is 9.31. The molecule has 2 aliphatic heterocycles. The molecular weight excluding hydrogens is 927 g/mol. The highest BCUT2D eigenvalue weighted by molar-refractivity contribution is 6.50. The Labute approximate surface area is 409 Å². The highest BCUT2D eigenvalue weighted by Crippen LogP contribution is 2.50. The van der Waals surface area contributed by atoms with Crippen molar-refractivity contribution in [1.82, 2.24) is 9.80 Å². The molecule has 0 spiro atoms. The number of carbonyl (C=O) groups is 8. The van der Waals surface area contributed by atoms with Crippen LogP contribution in [0.25, 0.3) is 43.1 Å². The smallest absolute Gasteiger partial charge is 0.333 e. The van der Waals surface area contributed by atoms with Gasteiger partial charge in [-0.15, -0.1) is 0 Å². The van der Waals surface area contributed by atoms with E-state index < -0.39 is 79.8 Å². The van der Waals surface area contributed by atoms with Crippen LogP contribution in [0, 0.1) is 11.8 Å². The SMILES string of the molecule is C=C(C)C(=O)OCC(COC(=O)C(=C)C)OC(=O)CCC(=O)OCC(CC(C)C)N1C(=O)c2ccc3c4c(Cl)cc5c6c(ccc(c7c(Cl)cc(c2c37)C1=O)c64)C(=O)N(CC(CC)CCCC)C5=O. The van der Waals surface area contributed by atoms with E-state index >= 15 is 0 Å². The molecule has 0 aliphatic carbocycles. The lowest BCUT2D eigenvalue weighted by molar-refractivity contribution is -0.165. The molecule has 0 saturated heterocycles. The summed E-state index contributed by atoms with van der Waals surface area (Å²) in [5.41, 5.74) is 1.25. The minimum Gasteiger partial charge on any atom is -0.463 e. The molecule has 2 unspecified atom stereocenters. The molecule has 362 valence electrons. The van der Waals surface area contributed by atoms with Gasteiger partial charge in [0.05, 0.1) is 30.0 Å². The summed E-state index contributed by atoms with van der Waals surface area (Å²) in [4.78, 5) is 110. The highest BCUT2D eigenvalue weighted by atomic mass is 35.5. The lowest BCUT2D eigenvalue weighted by Crippen LogP contribution is -2.49. The van der Waals surface area contributed by atoms with Crippen molar-refractivity contribution in [3.63, 3.8) is 0 Å². The number of fused-ring (bicyclic) bond motifs is 2. The average molecular weight is 982 g/mol. The third-order valence-corrected chi connectivity index (χ3v) is 13.3. The summed E-state index contributed by atoms with van der Waals surface area (Å²) in [6.07, 6.45) is 1.86. The molecule has 5 aromatic rings. The Hall–Kier alpha value is -6.38. The van der Waals surface area contributed by atoms with E-state index in [4.69, 9.17) is 42.1 Å². The summed E-state index contributed by atoms with van der Waals surface area (Å²) in [7, 11) is 0. The van der Waals surface area contributed by atoms with Crippen LogP contribution in [-0.4, -0.2) is 95.8 Å². The van der Waals surface area contributed by atoms with E-state index in [0.29, 0.717) is 60.8 Å². The zero-order valence-corrected chi connectivity index (χ0v) is 41.0. The number of unbranched alkanes of at least 4 members (excludes halogenated alkanes) is 1. The van der Waals surface area contributed by atoms with Crippen LogP contribution in [0.15, 0.2) is 60.7 Å². The predicted octanol–water partition coefficient (Wildman–Crippen LogP) is 10.3. The molecule has 0 radical (unpaired) electrons. The van der Waals surface area contributed by atoms with Crippen LogP contribution in [0.4, 0.5) is 0 Å². The summed E-state index contributed by atoms with van der Waals surface area (Å²) in [5.74, 6) is -5.18. The lowest BCUT2D eigenvalue weighted by atomic mass is 9.81. The molecule has 0 fully saturated rings. The molecule has 69 heavy (non-hydrogen) atoms. The van der Waals surface area contributed by atoms with E-state index in [-0.39, 0.29) is 63.1 Å². The Balaban J connectivity index is 1.15. The van der Waals surface area contributed by atoms with Crippen molar-refractivity contribution >= 4 is 114 Å². The number of amides is 4. The van der Waals surface area contributed by atoms with Gasteiger partial charge in [0.25, 0.3) is 23.6 Å². The number of hydrogen-bond donors (Lipinski definition) is 0. The third kappa shape index (κ3) is 9.78. The number of carbonyl (C=O) groups excluding carboxylic acids is 8. The van der Waals surface area contributed by atoms with Crippen LogP contribution in [0.1, 0.15) is 128 Å². The molecule has 7 rings (SSSR count). The number of ether oxygens (including phenoxy) is 4. The molecule has 0 saturated carbocycles. The molecule has 16 heteroatoms. The number of nitrogens with zero attached hydrogens (tertiary/aromatic N) is 2. The van der Waals surface area contributed by atoms with Crippen molar-refractivity contribution in [3.8, 4) is 0 Å². The summed E-state index contributed by atoms with van der Waals surface area (Å²) < 4.78 is 21.1. The van der Waals surface area contributed by atoms with E-state index in [1.807, 2.05) is 13.8 Å². The first-order valence-corrected chi connectivity index (χ1v) is 23.9. The first kappa shape index (κ1) is 50.5. The number of rotatable bonds is 21. The number of imide groups is 2. The van der Waals surface area contributed by atoms with Crippen molar-refractivity contribution in [1.29, 1.82) is 0 Å². The molecule has 2 atom stereocenters. The van der Waals surface area contributed by atoms with Gasteiger partial charge in [-0.1, -0.05) is 95.4 Å². The highest BCUT2D eigenvalue weighted by Gasteiger charge is 2.41. The van der Waals surface area contributed by atoms with E-state index in [0.717, 1.165) is 30.6 Å². The van der Waals surface area contributed by atoms with Crippen LogP contribution in [0.3, 0.4) is 0 Å². The van der Waals surface area contributed by atoms with Crippen LogP contribution in [0.2, 0.25) is 10.0 Å². The Morgan fingerprint density at radius 3 is 1.64 bits per heavy atom. The number of hydrogen-bond acceptors (Lipinski definition) is 12. The fourth-order valence-corrected chi connectivity index (χ4v) is 9.92. The molecule has 0 N–H and O–H groups in total. The van der Waals surface area contributed by atoms with Crippen molar-refractivity contribution < 1.29 is 57.3 Å². The van der Waals surface area contributed by atoms with Gasteiger partial charge in [-0.3, -0.25) is 38.6 Å². The van der Waals surface area contributed by atoms with Gasteiger partial charge in [-0.2, -0.15) is 0 Å². The van der Waals surface area contributed by atoms with Crippen LogP contribution in [-0.2, 0) is 38.1 Å². The van der Waals surface area contributed by atoms with E-state index in [1.54, 1.807) is 30.3 Å². The molecule has 0 aromatic heterocycles. The van der Waals surface area contributed by atoms with E-state index in [9.17, 15) is 38.4 Å². The lowest BCUT2D eigenvalue weighted by Gasteiger charge is -2.35. The summed E-state index contributed by atoms with van der Waals surface area (Å²) in [6, 6.07) is 9.04. The van der Waals surface area contributed by atoms with Gasteiger partial charge in [-0.25, -0.2) is 9.59 Å². The zero-order valence-electron chi connectivity index (χ0n) is 39.5. The molecular formula is C53H54Cl2N2O12. The van der Waals surface area contributed by atoms with Crippen molar-refractivity contribution in [2.75, 3.05) is 26.4 Å². The van der Waals surface area contributed by atoms with Gasteiger partial charge in [-0.05, 0) is 73.6 Å². The second kappa shape index (κ2) is 20.7. The Kier molecular flexibility index (Phi) is 15.1. The summed E-state index contributed by atoms with van der Waals surface area (Å²) in [5, 5.41) is 4.66. The summed E-state index contributed by atoms with van der Waals surface area (Å²) >= 11 is 14.4. The monoisotopic (exact) mass is 980 g/mol. The molecule has 5 aromatic carbocycles. The zero-order chi connectivity index (χ0) is 50.2. The van der Waals surface area contributed by atoms with Gasteiger partial charge < -0.3 is 18.9 Å². The van der Waals surface area contributed by atoms with E-state index in [1.165, 1.54) is 24.8 Å². The van der Waals surface area contributed by atoms with Crippen molar-refractivity contribution in [3.05, 3.63) is 93.0 Å². The van der Waals surface area contributed by atoms with Crippen molar-refractivity contribution in [2.24, 2.45) is 11.8 Å². The maximum absolute atomic E-state index is 14.7. The maximum atomic E-state index is 14.7. The van der Waals surface area contributed by atoms with Crippen LogP contribution >= 0.6 is 23.2 Å². The molecule has 14 nitrogen and oxygen atoms in total. The van der Waals surface area contributed by atoms with Gasteiger partial charge in [0, 0.05) is 71.2 Å². The Morgan fingerprint density at radius 1 is 0.638 bits per heavy atom. The molecule has 4 amide bonds. The standard InChI is InChI=1S/C53H54Cl2N2O12/c1-9-11-12-29(10-2)22-56-48(60)34-15-13-32-45-39(55)21-37-43-35(16-14-33(47(43)45)44-38(54)20-36(49(56)61)42(34)46(32)44)50(62)57(51(37)63)30(19-26(3)4)23-66-40(58)17-18-41(59)69-31(24-67-52(64)27(5)6)25-68-53(65)28(7)8/h13-16,20-21,26,29-31H,5,7,9-12,17-19,22-25H2,1-4,6,8H3. The first-order chi connectivity index (χ1) is 32.8.